The summed E-state index contributed by atoms with van der Waals surface area (Å²) in [5.41, 5.74) is 5.53. The summed E-state index contributed by atoms with van der Waals surface area (Å²) in [4.78, 5) is 10.9. The van der Waals surface area contributed by atoms with Gasteiger partial charge in [0.15, 0.2) is 0 Å². The second kappa shape index (κ2) is 6.47. The Morgan fingerprint density at radius 3 is 2.67 bits per heavy atom. The topological polar surface area (TPSA) is 66.9 Å². The molecule has 0 aromatic carbocycles. The largest absolute Gasteiger partial charge is 0.369 e. The van der Waals surface area contributed by atoms with Gasteiger partial charge in [-0.1, -0.05) is 27.2 Å². The van der Waals surface area contributed by atoms with Crippen LogP contribution < -0.4 is 5.73 Å². The van der Waals surface area contributed by atoms with Crippen molar-refractivity contribution >= 4 is 17.7 Å². The highest BCUT2D eigenvalue weighted by molar-refractivity contribution is 8.00. The Morgan fingerprint density at radius 1 is 1.50 bits per heavy atom. The van der Waals surface area contributed by atoms with E-state index in [0.717, 1.165) is 25.7 Å². The molecule has 0 heterocycles. The van der Waals surface area contributed by atoms with E-state index in [1.807, 2.05) is 0 Å². The predicted molar refractivity (Wildman–Crippen MR) is 76.0 cm³/mol. The minimum Gasteiger partial charge on any atom is -0.369 e. The third-order valence-electron chi connectivity index (χ3n) is 4.41. The standard InChI is InChI=1S/C14H24N2OS/c1-4-14(2,3)11-6-5-10(8-15)12(7-11)18-9-13(16)17/h10-12H,4-7,9H2,1-3H3,(H2,16,17). The fourth-order valence-corrected chi connectivity index (χ4v) is 3.82. The maximum absolute atomic E-state index is 10.9. The van der Waals surface area contributed by atoms with E-state index in [2.05, 4.69) is 26.8 Å². The maximum Gasteiger partial charge on any atom is 0.227 e. The number of carbonyl (C=O) groups excluding carboxylic acids is 1. The number of rotatable bonds is 5. The third kappa shape index (κ3) is 3.91. The average molecular weight is 268 g/mol. The molecule has 0 aromatic heterocycles. The summed E-state index contributed by atoms with van der Waals surface area (Å²) in [5.74, 6) is 0.784. The first kappa shape index (κ1) is 15.4. The van der Waals surface area contributed by atoms with Gasteiger partial charge in [0.25, 0.3) is 0 Å². The van der Waals surface area contributed by atoms with Gasteiger partial charge in [-0.05, 0) is 30.6 Å². The fraction of sp³-hybridized carbons (Fsp3) is 0.857. The van der Waals surface area contributed by atoms with Gasteiger partial charge >= 0.3 is 0 Å². The zero-order chi connectivity index (χ0) is 13.8. The Labute approximate surface area is 114 Å². The zero-order valence-corrected chi connectivity index (χ0v) is 12.4. The van der Waals surface area contributed by atoms with Gasteiger partial charge in [-0.2, -0.15) is 5.26 Å². The van der Waals surface area contributed by atoms with E-state index >= 15 is 0 Å². The summed E-state index contributed by atoms with van der Waals surface area (Å²) in [6.07, 6.45) is 4.28. The molecule has 0 aliphatic heterocycles. The fourth-order valence-electron chi connectivity index (χ4n) is 2.65. The van der Waals surface area contributed by atoms with Gasteiger partial charge in [0.05, 0.1) is 17.7 Å². The number of hydrogen-bond acceptors (Lipinski definition) is 3. The van der Waals surface area contributed by atoms with Gasteiger partial charge in [-0.3, -0.25) is 4.79 Å². The highest BCUT2D eigenvalue weighted by Gasteiger charge is 2.37. The monoisotopic (exact) mass is 268 g/mol. The highest BCUT2D eigenvalue weighted by Crippen LogP contribution is 2.45. The Kier molecular flexibility index (Phi) is 5.52. The SMILES string of the molecule is CCC(C)(C)C1CCC(C#N)C(SCC(N)=O)C1. The van der Waals surface area contributed by atoms with E-state index in [1.54, 1.807) is 11.8 Å². The molecule has 1 rings (SSSR count). The lowest BCUT2D eigenvalue weighted by atomic mass is 9.67. The number of hydrogen-bond donors (Lipinski definition) is 1. The van der Waals surface area contributed by atoms with Crippen LogP contribution in [0.2, 0.25) is 0 Å². The molecule has 1 aliphatic rings. The number of nitrogens with two attached hydrogens (primary N) is 1. The van der Waals surface area contributed by atoms with E-state index in [4.69, 9.17) is 5.73 Å². The molecule has 0 aromatic rings. The van der Waals surface area contributed by atoms with Crippen LogP contribution in [0.1, 0.15) is 46.5 Å². The lowest BCUT2D eigenvalue weighted by molar-refractivity contribution is -0.115. The molecule has 2 N–H and O–H groups in total. The highest BCUT2D eigenvalue weighted by atomic mass is 32.2. The number of primary amides is 1. The molecule has 0 radical (unpaired) electrons. The molecule has 1 fully saturated rings. The van der Waals surface area contributed by atoms with Gasteiger partial charge in [-0.15, -0.1) is 11.8 Å². The molecule has 1 saturated carbocycles. The molecular weight excluding hydrogens is 244 g/mol. The Bertz CT molecular complexity index is 335. The van der Waals surface area contributed by atoms with Crippen LogP contribution in [0, 0.1) is 28.6 Å². The van der Waals surface area contributed by atoms with Crippen molar-refractivity contribution in [1.29, 1.82) is 5.26 Å². The molecule has 3 atom stereocenters. The van der Waals surface area contributed by atoms with Crippen LogP contribution in [0.3, 0.4) is 0 Å². The van der Waals surface area contributed by atoms with E-state index in [-0.39, 0.29) is 17.1 Å². The van der Waals surface area contributed by atoms with Crippen molar-refractivity contribution in [3.63, 3.8) is 0 Å². The van der Waals surface area contributed by atoms with Crippen LogP contribution in [0.4, 0.5) is 0 Å². The average Bonchev–Trinajstić information content (AvgIpc) is 2.35. The van der Waals surface area contributed by atoms with E-state index in [9.17, 15) is 10.1 Å². The first-order valence-corrected chi connectivity index (χ1v) is 7.75. The smallest absolute Gasteiger partial charge is 0.227 e. The lowest BCUT2D eigenvalue weighted by Crippen LogP contribution is -2.35. The normalized spacial score (nSPS) is 28.7. The van der Waals surface area contributed by atoms with Crippen LogP contribution in [0.15, 0.2) is 0 Å². The zero-order valence-electron chi connectivity index (χ0n) is 11.6. The van der Waals surface area contributed by atoms with Crippen LogP contribution in [-0.2, 0) is 4.79 Å². The second-order valence-electron chi connectivity index (χ2n) is 5.90. The van der Waals surface area contributed by atoms with Gasteiger partial charge in [-0.25, -0.2) is 0 Å². The van der Waals surface area contributed by atoms with E-state index in [0.29, 0.717) is 17.1 Å². The molecule has 0 bridgehead atoms. The number of thioether (sulfide) groups is 1. The number of carbonyl (C=O) groups is 1. The van der Waals surface area contributed by atoms with Gasteiger partial charge < -0.3 is 5.73 Å². The number of amides is 1. The molecule has 18 heavy (non-hydrogen) atoms. The maximum atomic E-state index is 10.9. The molecular formula is C14H24N2OS. The van der Waals surface area contributed by atoms with Crippen LogP contribution in [0.25, 0.3) is 0 Å². The van der Waals surface area contributed by atoms with Crippen LogP contribution >= 0.6 is 11.8 Å². The minimum atomic E-state index is -0.284. The molecule has 1 amide bonds. The summed E-state index contributed by atoms with van der Waals surface area (Å²) < 4.78 is 0. The van der Waals surface area contributed by atoms with Crippen molar-refractivity contribution in [2.24, 2.45) is 23.0 Å². The summed E-state index contributed by atoms with van der Waals surface area (Å²) in [6.45, 7) is 6.84. The predicted octanol–water partition coefficient (Wildman–Crippen LogP) is 2.95. The molecule has 1 aliphatic carbocycles. The second-order valence-corrected chi connectivity index (χ2v) is 7.13. The van der Waals surface area contributed by atoms with Gasteiger partial charge in [0, 0.05) is 5.25 Å². The Hall–Kier alpha value is -0.690. The molecule has 102 valence electrons. The number of nitrogens with zero attached hydrogens (tertiary/aromatic N) is 1. The first-order chi connectivity index (χ1) is 8.40. The first-order valence-electron chi connectivity index (χ1n) is 6.70. The van der Waals surface area contributed by atoms with Crippen molar-refractivity contribution in [2.45, 2.75) is 51.7 Å². The summed E-state index contributed by atoms with van der Waals surface area (Å²) in [7, 11) is 0. The molecule has 3 unspecified atom stereocenters. The Balaban J connectivity index is 2.66. The van der Waals surface area contributed by atoms with Crippen LogP contribution in [-0.4, -0.2) is 16.9 Å². The summed E-state index contributed by atoms with van der Waals surface area (Å²) in [6, 6.07) is 2.39. The van der Waals surface area contributed by atoms with E-state index in [1.165, 1.54) is 0 Å². The van der Waals surface area contributed by atoms with Crippen LogP contribution in [0.5, 0.6) is 0 Å². The summed E-state index contributed by atoms with van der Waals surface area (Å²) in [5, 5.41) is 9.46. The van der Waals surface area contributed by atoms with Crippen molar-refractivity contribution in [1.82, 2.24) is 0 Å². The quantitative estimate of drug-likeness (QED) is 0.833. The molecule has 0 saturated heterocycles. The Morgan fingerprint density at radius 2 is 2.17 bits per heavy atom. The number of nitriles is 1. The van der Waals surface area contributed by atoms with Gasteiger partial charge in [0.2, 0.25) is 5.91 Å². The minimum absolute atomic E-state index is 0.0817. The summed E-state index contributed by atoms with van der Waals surface area (Å²) >= 11 is 1.57. The van der Waals surface area contributed by atoms with Gasteiger partial charge in [0.1, 0.15) is 0 Å². The van der Waals surface area contributed by atoms with Crippen molar-refractivity contribution in [3.8, 4) is 6.07 Å². The molecule has 4 heteroatoms. The molecule has 3 nitrogen and oxygen atoms in total. The van der Waals surface area contributed by atoms with Crippen molar-refractivity contribution in [2.75, 3.05) is 5.75 Å². The van der Waals surface area contributed by atoms with Crippen molar-refractivity contribution in [3.05, 3.63) is 0 Å². The third-order valence-corrected chi connectivity index (χ3v) is 5.81. The van der Waals surface area contributed by atoms with E-state index < -0.39 is 0 Å². The van der Waals surface area contributed by atoms with Crippen molar-refractivity contribution < 1.29 is 4.79 Å². The molecule has 0 spiro atoms. The lowest BCUT2D eigenvalue weighted by Gasteiger charge is -2.41.